The maximum absolute atomic E-state index is 14.1. The highest BCUT2D eigenvalue weighted by molar-refractivity contribution is 5.75. The Balaban J connectivity index is 1.70. The zero-order chi connectivity index (χ0) is 20.8. The maximum atomic E-state index is 14.1. The second kappa shape index (κ2) is 7.16. The summed E-state index contributed by atoms with van der Waals surface area (Å²) in [5.41, 5.74) is 2.86. The van der Waals surface area contributed by atoms with E-state index in [2.05, 4.69) is 33.8 Å². The molecule has 0 fully saturated rings. The number of fused-ring (bicyclic) bond motifs is 1. The van der Waals surface area contributed by atoms with E-state index >= 15 is 0 Å². The molecule has 0 radical (unpaired) electrons. The van der Waals surface area contributed by atoms with E-state index in [0.717, 1.165) is 12.0 Å². The Bertz CT molecular complexity index is 1130. The first-order valence-corrected chi connectivity index (χ1v) is 10.1. The van der Waals surface area contributed by atoms with E-state index in [1.54, 1.807) is 10.7 Å². The van der Waals surface area contributed by atoms with Crippen molar-refractivity contribution in [3.8, 4) is 11.6 Å². The van der Waals surface area contributed by atoms with Crippen LogP contribution in [0.15, 0.2) is 31.2 Å². The minimum absolute atomic E-state index is 0.0822. The van der Waals surface area contributed by atoms with E-state index < -0.39 is 5.82 Å². The van der Waals surface area contributed by atoms with Gasteiger partial charge in [0.2, 0.25) is 5.88 Å². The summed E-state index contributed by atoms with van der Waals surface area (Å²) in [7, 11) is 0. The zero-order valence-electron chi connectivity index (χ0n) is 16.9. The summed E-state index contributed by atoms with van der Waals surface area (Å²) in [6.45, 7) is 9.59. The van der Waals surface area contributed by atoms with Gasteiger partial charge >= 0.3 is 0 Å². The molecule has 2 aliphatic heterocycles. The van der Waals surface area contributed by atoms with Crippen LogP contribution in [-0.4, -0.2) is 44.9 Å². The third-order valence-corrected chi connectivity index (χ3v) is 5.53. The van der Waals surface area contributed by atoms with Crippen LogP contribution in [-0.2, 0) is 6.54 Å². The lowest BCUT2D eigenvalue weighted by atomic mass is 10.1. The second-order valence-corrected chi connectivity index (χ2v) is 7.66. The fourth-order valence-electron chi connectivity index (χ4n) is 3.86. The molecule has 0 saturated heterocycles. The third-order valence-electron chi connectivity index (χ3n) is 5.53. The zero-order valence-corrected chi connectivity index (χ0v) is 16.9. The van der Waals surface area contributed by atoms with Gasteiger partial charge in [-0.1, -0.05) is 13.5 Å². The highest BCUT2D eigenvalue weighted by Crippen LogP contribution is 2.36. The predicted molar refractivity (Wildman–Crippen MR) is 110 cm³/mol. The van der Waals surface area contributed by atoms with Crippen LogP contribution in [0.4, 0.5) is 10.2 Å². The van der Waals surface area contributed by atoms with Gasteiger partial charge in [0.1, 0.15) is 18.5 Å². The number of hydrogen-bond acceptors (Lipinski definition) is 7. The topological polar surface area (TPSA) is 76.8 Å². The Morgan fingerprint density at radius 1 is 1.37 bits per heavy atom. The van der Waals surface area contributed by atoms with E-state index in [9.17, 15) is 4.39 Å². The number of pyridine rings is 1. The van der Waals surface area contributed by atoms with Crippen molar-refractivity contribution in [3.63, 3.8) is 0 Å². The summed E-state index contributed by atoms with van der Waals surface area (Å²) in [6.07, 6.45) is 5.39. The molecule has 3 aromatic rings. The molecule has 0 spiro atoms. The van der Waals surface area contributed by atoms with Crippen LogP contribution in [0, 0.1) is 5.82 Å². The molecule has 5 heterocycles. The van der Waals surface area contributed by atoms with Gasteiger partial charge in [0.15, 0.2) is 17.2 Å². The minimum Gasteiger partial charge on any atom is -0.486 e. The van der Waals surface area contributed by atoms with E-state index in [4.69, 9.17) is 14.5 Å². The number of aromatic nitrogens is 4. The van der Waals surface area contributed by atoms with Gasteiger partial charge in [0.25, 0.3) is 0 Å². The first-order valence-electron chi connectivity index (χ1n) is 10.1. The highest BCUT2D eigenvalue weighted by atomic mass is 19.1. The van der Waals surface area contributed by atoms with Gasteiger partial charge in [-0.05, 0) is 19.4 Å². The number of ether oxygens (including phenoxy) is 2. The van der Waals surface area contributed by atoms with Crippen molar-refractivity contribution in [3.05, 3.63) is 48.2 Å². The van der Waals surface area contributed by atoms with E-state index in [1.165, 1.54) is 12.3 Å². The van der Waals surface area contributed by atoms with Crippen LogP contribution in [0.25, 0.3) is 11.3 Å². The van der Waals surface area contributed by atoms with Crippen LogP contribution in [0.1, 0.15) is 31.4 Å². The molecule has 2 bridgehead atoms. The molecule has 2 aliphatic rings. The molecule has 8 nitrogen and oxygen atoms in total. The molecule has 0 amide bonds. The Hall–Kier alpha value is -3.36. The predicted octanol–water partition coefficient (Wildman–Crippen LogP) is 2.78. The van der Waals surface area contributed by atoms with Crippen molar-refractivity contribution >= 4 is 17.2 Å². The van der Waals surface area contributed by atoms with Gasteiger partial charge in [0, 0.05) is 11.3 Å². The van der Waals surface area contributed by atoms with Gasteiger partial charge in [-0.2, -0.15) is 5.10 Å². The van der Waals surface area contributed by atoms with Gasteiger partial charge in [-0.3, -0.25) is 0 Å². The molecule has 2 atom stereocenters. The molecule has 1 N–H and O–H groups in total. The number of halogens is 1. The van der Waals surface area contributed by atoms with E-state index in [-0.39, 0.29) is 12.1 Å². The summed E-state index contributed by atoms with van der Waals surface area (Å²) in [5, 5.41) is 7.69. The van der Waals surface area contributed by atoms with Crippen LogP contribution < -0.4 is 19.7 Å². The fourth-order valence-corrected chi connectivity index (χ4v) is 3.86. The standard InChI is InChI=1S/C21H23FN6O2/c1-4-16-11-29-18-10-28-19-17(8-25-28)13(3)23-6-12(2)30-21-14(5-15(22)7-24-21)9-27(16)20(18)26-19/h5,7-8,10,12,16,23H,3-4,6,9,11H2,1-2H3/t12-,16+/m0/s1. The Kier molecular flexibility index (Phi) is 4.45. The smallest absolute Gasteiger partial charge is 0.218 e. The lowest BCUT2D eigenvalue weighted by Gasteiger charge is -2.37. The summed E-state index contributed by atoms with van der Waals surface area (Å²) < 4.78 is 27.8. The average Bonchev–Trinajstić information content (AvgIpc) is 3.15. The molecule has 5 rings (SSSR count). The first-order chi connectivity index (χ1) is 14.5. The molecule has 3 aromatic heterocycles. The number of rotatable bonds is 1. The normalized spacial score (nSPS) is 21.0. The Morgan fingerprint density at radius 3 is 3.07 bits per heavy atom. The molecule has 0 saturated carbocycles. The van der Waals surface area contributed by atoms with Crippen LogP contribution in [0.2, 0.25) is 0 Å². The molecule has 9 heteroatoms. The quantitative estimate of drug-likeness (QED) is 0.661. The Morgan fingerprint density at radius 2 is 2.23 bits per heavy atom. The molecule has 0 aromatic carbocycles. The summed E-state index contributed by atoms with van der Waals surface area (Å²) in [4.78, 5) is 11.2. The van der Waals surface area contributed by atoms with Crippen molar-refractivity contribution in [1.82, 2.24) is 24.9 Å². The van der Waals surface area contributed by atoms with Gasteiger partial charge < -0.3 is 19.7 Å². The summed E-state index contributed by atoms with van der Waals surface area (Å²) >= 11 is 0. The second-order valence-electron chi connectivity index (χ2n) is 7.66. The lowest BCUT2D eigenvalue weighted by molar-refractivity contribution is 0.210. The van der Waals surface area contributed by atoms with Gasteiger partial charge in [0.05, 0.1) is 43.3 Å². The Labute approximate surface area is 173 Å². The minimum atomic E-state index is -0.399. The van der Waals surface area contributed by atoms with Crippen molar-refractivity contribution in [2.75, 3.05) is 18.1 Å². The SMILES string of the molecule is C=C1NC[C@H](C)Oc2ncc(F)cc2CN2c3nc4c1cnn4cc3OC[C@H]2CC. The van der Waals surface area contributed by atoms with Crippen molar-refractivity contribution < 1.29 is 13.9 Å². The molecule has 30 heavy (non-hydrogen) atoms. The van der Waals surface area contributed by atoms with Crippen molar-refractivity contribution in [1.29, 1.82) is 0 Å². The van der Waals surface area contributed by atoms with Crippen LogP contribution in [0.3, 0.4) is 0 Å². The fraction of sp³-hybridized carbons (Fsp3) is 0.381. The van der Waals surface area contributed by atoms with Crippen molar-refractivity contribution in [2.24, 2.45) is 0 Å². The van der Waals surface area contributed by atoms with Gasteiger partial charge in [-0.15, -0.1) is 0 Å². The monoisotopic (exact) mass is 410 g/mol. The largest absolute Gasteiger partial charge is 0.486 e. The van der Waals surface area contributed by atoms with E-state index in [0.29, 0.717) is 54.1 Å². The number of hydrogen-bond donors (Lipinski definition) is 1. The molecule has 0 unspecified atom stereocenters. The molecule has 156 valence electrons. The lowest BCUT2D eigenvalue weighted by Crippen LogP contribution is -2.43. The molecule has 0 aliphatic carbocycles. The average molecular weight is 410 g/mol. The molecular formula is C21H23FN6O2. The van der Waals surface area contributed by atoms with Crippen LogP contribution >= 0.6 is 0 Å². The first kappa shape index (κ1) is 18.7. The summed E-state index contributed by atoms with van der Waals surface area (Å²) in [5.74, 6) is 1.35. The van der Waals surface area contributed by atoms with Gasteiger partial charge in [-0.25, -0.2) is 18.9 Å². The molecular weight excluding hydrogens is 387 g/mol. The van der Waals surface area contributed by atoms with Crippen LogP contribution in [0.5, 0.6) is 11.6 Å². The highest BCUT2D eigenvalue weighted by Gasteiger charge is 2.31. The maximum Gasteiger partial charge on any atom is 0.218 e. The number of nitrogens with one attached hydrogen (secondary N) is 1. The third kappa shape index (κ3) is 3.10. The number of anilines is 1. The van der Waals surface area contributed by atoms with E-state index in [1.807, 2.05) is 13.1 Å². The summed E-state index contributed by atoms with van der Waals surface area (Å²) in [6, 6.07) is 1.56. The van der Waals surface area contributed by atoms with Crippen molar-refractivity contribution in [2.45, 2.75) is 39.0 Å². The number of nitrogens with zero attached hydrogens (tertiary/aromatic N) is 5.